The zero-order valence-corrected chi connectivity index (χ0v) is 16.2. The minimum atomic E-state index is -0.598. The van der Waals surface area contributed by atoms with Gasteiger partial charge in [-0.2, -0.15) is 5.10 Å². The largest absolute Gasteiger partial charge is 0.466 e. The Morgan fingerprint density at radius 3 is 2.66 bits per heavy atom. The van der Waals surface area contributed by atoms with E-state index in [4.69, 9.17) is 0 Å². The van der Waals surface area contributed by atoms with E-state index in [2.05, 4.69) is 25.2 Å². The van der Waals surface area contributed by atoms with Crippen LogP contribution in [0, 0.1) is 0 Å². The number of nitrogens with zero attached hydrogens (tertiary/aromatic N) is 2. The predicted molar refractivity (Wildman–Crippen MR) is 115 cm³/mol. The van der Waals surface area contributed by atoms with Gasteiger partial charge in [-0.15, -0.1) is 5.10 Å². The van der Waals surface area contributed by atoms with Gasteiger partial charge in [0, 0.05) is 22.5 Å². The standard InChI is InChI=1S/C21H16N4O3S/c1-28-18(26)11-17-20(27)24-21(29-17)25-22-12-15-14-9-5-6-10-16(14)23-19(15)13-7-3-2-4-8-13/h2-12,23H,1H3,(H,24,25,27). The number of para-hydroxylation sites is 1. The number of benzene rings is 2. The lowest BCUT2D eigenvalue weighted by atomic mass is 10.1. The predicted octanol–water partition coefficient (Wildman–Crippen LogP) is 3.44. The molecule has 0 radical (unpaired) electrons. The summed E-state index contributed by atoms with van der Waals surface area (Å²) in [5.41, 5.74) is 3.86. The number of carbonyl (C=O) groups is 2. The zero-order chi connectivity index (χ0) is 20.2. The summed E-state index contributed by atoms with van der Waals surface area (Å²) in [7, 11) is 1.25. The van der Waals surface area contributed by atoms with E-state index >= 15 is 0 Å². The van der Waals surface area contributed by atoms with Gasteiger partial charge in [-0.05, 0) is 23.4 Å². The fraction of sp³-hybridized carbons (Fsp3) is 0.0476. The Labute approximate surface area is 170 Å². The molecule has 0 bridgehead atoms. The molecule has 1 aromatic heterocycles. The maximum absolute atomic E-state index is 11.9. The second kappa shape index (κ2) is 8.15. The number of hydrogen-bond acceptors (Lipinski definition) is 6. The second-order valence-corrected chi connectivity index (χ2v) is 7.09. The molecule has 1 aliphatic heterocycles. The van der Waals surface area contributed by atoms with Crippen molar-refractivity contribution in [3.63, 3.8) is 0 Å². The van der Waals surface area contributed by atoms with Crippen LogP contribution in [0.1, 0.15) is 5.56 Å². The number of H-pyrrole nitrogens is 1. The summed E-state index contributed by atoms with van der Waals surface area (Å²) in [6, 6.07) is 17.9. The third kappa shape index (κ3) is 3.97. The number of aromatic nitrogens is 1. The number of fused-ring (bicyclic) bond motifs is 1. The molecule has 144 valence electrons. The Morgan fingerprint density at radius 2 is 1.86 bits per heavy atom. The molecule has 0 spiro atoms. The van der Waals surface area contributed by atoms with Gasteiger partial charge >= 0.3 is 5.97 Å². The number of aromatic amines is 1. The zero-order valence-electron chi connectivity index (χ0n) is 15.4. The fourth-order valence-corrected chi connectivity index (χ4v) is 3.65. The van der Waals surface area contributed by atoms with Crippen LogP contribution in [0.5, 0.6) is 0 Å². The minimum Gasteiger partial charge on any atom is -0.466 e. The van der Waals surface area contributed by atoms with Crippen LogP contribution in [0.25, 0.3) is 22.2 Å². The number of carbonyl (C=O) groups excluding carboxylic acids is 2. The molecule has 0 unspecified atom stereocenters. The van der Waals surface area contributed by atoms with Crippen LogP contribution in [0.3, 0.4) is 0 Å². The summed E-state index contributed by atoms with van der Waals surface area (Å²) in [5.74, 6) is -1.01. The van der Waals surface area contributed by atoms with Crippen molar-refractivity contribution < 1.29 is 14.3 Å². The molecule has 0 saturated carbocycles. The quantitative estimate of drug-likeness (QED) is 0.301. The third-order valence-electron chi connectivity index (χ3n) is 4.25. The third-order valence-corrected chi connectivity index (χ3v) is 5.15. The number of amides is 1. The summed E-state index contributed by atoms with van der Waals surface area (Å²) in [4.78, 5) is 26.9. The van der Waals surface area contributed by atoms with Crippen molar-refractivity contribution in [2.45, 2.75) is 0 Å². The van der Waals surface area contributed by atoms with Gasteiger partial charge < -0.3 is 9.72 Å². The highest BCUT2D eigenvalue weighted by Crippen LogP contribution is 2.29. The highest BCUT2D eigenvalue weighted by molar-refractivity contribution is 8.18. The first-order valence-corrected chi connectivity index (χ1v) is 9.53. The highest BCUT2D eigenvalue weighted by Gasteiger charge is 2.25. The molecule has 1 amide bonds. The maximum atomic E-state index is 11.9. The van der Waals surface area contributed by atoms with E-state index in [9.17, 15) is 9.59 Å². The topological polar surface area (TPSA) is 95.9 Å². The van der Waals surface area contributed by atoms with Crippen LogP contribution in [-0.4, -0.2) is 35.4 Å². The van der Waals surface area contributed by atoms with E-state index in [1.807, 2.05) is 54.6 Å². The molecule has 2 heterocycles. The molecule has 7 nitrogen and oxygen atoms in total. The fourth-order valence-electron chi connectivity index (χ4n) is 2.91. The number of hydrogen-bond donors (Lipinski definition) is 2. The number of amidine groups is 1. The van der Waals surface area contributed by atoms with Crippen molar-refractivity contribution in [3.8, 4) is 11.3 Å². The minimum absolute atomic E-state index is 0.211. The number of nitrogens with one attached hydrogen (secondary N) is 2. The molecule has 1 saturated heterocycles. The Hall–Kier alpha value is -3.65. The number of ether oxygens (including phenoxy) is 1. The molecule has 4 rings (SSSR count). The van der Waals surface area contributed by atoms with Gasteiger partial charge in [0.2, 0.25) is 0 Å². The average molecular weight is 404 g/mol. The number of rotatable bonds is 4. The van der Waals surface area contributed by atoms with Crippen molar-refractivity contribution in [1.82, 2.24) is 10.3 Å². The van der Waals surface area contributed by atoms with Gasteiger partial charge in [0.05, 0.1) is 23.9 Å². The molecule has 3 aromatic rings. The number of thioether (sulfide) groups is 1. The van der Waals surface area contributed by atoms with E-state index in [1.54, 1.807) is 6.21 Å². The van der Waals surface area contributed by atoms with Crippen LogP contribution in [0.4, 0.5) is 0 Å². The molecule has 0 atom stereocenters. The van der Waals surface area contributed by atoms with Crippen LogP contribution in [0.15, 0.2) is 75.8 Å². The molecule has 2 N–H and O–H groups in total. The molecule has 0 aliphatic carbocycles. The Balaban J connectivity index is 1.65. The van der Waals surface area contributed by atoms with Gasteiger partial charge in [-0.1, -0.05) is 48.5 Å². The second-order valence-electron chi connectivity index (χ2n) is 6.06. The highest BCUT2D eigenvalue weighted by atomic mass is 32.2. The van der Waals surface area contributed by atoms with E-state index in [0.29, 0.717) is 5.17 Å². The Kier molecular flexibility index (Phi) is 5.26. The smallest absolute Gasteiger partial charge is 0.331 e. The van der Waals surface area contributed by atoms with Gasteiger partial charge in [-0.3, -0.25) is 10.1 Å². The summed E-state index contributed by atoms with van der Waals surface area (Å²) in [6.07, 6.45) is 2.78. The van der Waals surface area contributed by atoms with Crippen molar-refractivity contribution in [1.29, 1.82) is 0 Å². The molecule has 8 heteroatoms. The SMILES string of the molecule is COC(=O)C=C1SC(=NN=Cc2c(-c3ccccc3)[nH]c3ccccc23)NC1=O. The lowest BCUT2D eigenvalue weighted by Gasteiger charge is -2.00. The summed E-state index contributed by atoms with van der Waals surface area (Å²) in [5, 5.41) is 12.1. The number of methoxy groups -OCH3 is 1. The average Bonchev–Trinajstić information content (AvgIpc) is 3.29. The molecule has 1 fully saturated rings. The van der Waals surface area contributed by atoms with E-state index in [1.165, 1.54) is 7.11 Å². The van der Waals surface area contributed by atoms with Crippen molar-refractivity contribution >= 4 is 45.9 Å². The lowest BCUT2D eigenvalue weighted by Crippen LogP contribution is -2.19. The van der Waals surface area contributed by atoms with E-state index in [0.717, 1.165) is 45.6 Å². The molecule has 2 aromatic carbocycles. The normalized spacial score (nSPS) is 16.8. The monoisotopic (exact) mass is 404 g/mol. The van der Waals surface area contributed by atoms with E-state index < -0.39 is 11.9 Å². The van der Waals surface area contributed by atoms with Crippen LogP contribution >= 0.6 is 11.8 Å². The Morgan fingerprint density at radius 1 is 1.10 bits per heavy atom. The maximum Gasteiger partial charge on any atom is 0.331 e. The molecule has 29 heavy (non-hydrogen) atoms. The lowest BCUT2D eigenvalue weighted by molar-refractivity contribution is -0.135. The van der Waals surface area contributed by atoms with Crippen molar-refractivity contribution in [2.75, 3.05) is 7.11 Å². The van der Waals surface area contributed by atoms with Gasteiger partial charge in [0.15, 0.2) is 5.17 Å². The van der Waals surface area contributed by atoms with Crippen molar-refractivity contribution in [3.05, 3.63) is 71.1 Å². The molecular formula is C21H16N4O3S. The van der Waals surface area contributed by atoms with Crippen LogP contribution in [0.2, 0.25) is 0 Å². The first-order valence-electron chi connectivity index (χ1n) is 8.71. The molecular weight excluding hydrogens is 388 g/mol. The van der Waals surface area contributed by atoms with Crippen molar-refractivity contribution in [2.24, 2.45) is 10.2 Å². The summed E-state index contributed by atoms with van der Waals surface area (Å²) < 4.78 is 4.54. The van der Waals surface area contributed by atoms with Gasteiger partial charge in [0.25, 0.3) is 5.91 Å². The van der Waals surface area contributed by atoms with Gasteiger partial charge in [0.1, 0.15) is 0 Å². The van der Waals surface area contributed by atoms with Crippen LogP contribution < -0.4 is 5.32 Å². The van der Waals surface area contributed by atoms with Crippen LogP contribution in [-0.2, 0) is 14.3 Å². The molecule has 1 aliphatic rings. The Bertz CT molecular complexity index is 1180. The van der Waals surface area contributed by atoms with Gasteiger partial charge in [-0.25, -0.2) is 4.79 Å². The summed E-state index contributed by atoms with van der Waals surface area (Å²) >= 11 is 1.03. The first-order chi connectivity index (χ1) is 14.2. The summed E-state index contributed by atoms with van der Waals surface area (Å²) in [6.45, 7) is 0. The first kappa shape index (κ1) is 18.7. The van der Waals surface area contributed by atoms with E-state index in [-0.39, 0.29) is 4.91 Å². The number of esters is 1.